The molecule has 0 amide bonds. The molecule has 212 valence electrons. The second-order valence-corrected chi connectivity index (χ2v) is 12.2. The van der Waals surface area contributed by atoms with Gasteiger partial charge in [-0.05, 0) is 23.6 Å². The van der Waals surface area contributed by atoms with Gasteiger partial charge in [0.2, 0.25) is 0 Å². The zero-order chi connectivity index (χ0) is 29.9. The molecule has 0 spiro atoms. The summed E-state index contributed by atoms with van der Waals surface area (Å²) < 4.78 is 4.85. The highest BCUT2D eigenvalue weighted by Crippen LogP contribution is 2.48. The first kappa shape index (κ1) is 24.1. The molecule has 4 heteroatoms. The van der Waals surface area contributed by atoms with Gasteiger partial charge in [-0.2, -0.15) is 0 Å². The van der Waals surface area contributed by atoms with Crippen molar-refractivity contribution < 1.29 is 0 Å². The molecule has 0 aliphatic heterocycles. The Kier molecular flexibility index (Phi) is 4.55. The van der Waals surface area contributed by atoms with Crippen LogP contribution in [-0.4, -0.2) is 19.2 Å². The van der Waals surface area contributed by atoms with Crippen molar-refractivity contribution in [2.75, 3.05) is 0 Å². The number of rotatable bonds is 2. The monoisotopic (exact) mass is 584 g/mol. The van der Waals surface area contributed by atoms with Gasteiger partial charge in [0.05, 0.1) is 27.6 Å². The van der Waals surface area contributed by atoms with E-state index in [4.69, 9.17) is 10.2 Å². The molecule has 0 bridgehead atoms. The van der Waals surface area contributed by atoms with E-state index in [2.05, 4.69) is 148 Å². The second-order valence-electron chi connectivity index (χ2n) is 12.2. The molecule has 0 unspecified atom stereocenters. The Hall–Kier alpha value is -6.26. The van der Waals surface area contributed by atoms with Crippen molar-refractivity contribution in [2.45, 2.75) is 0 Å². The molecule has 4 nitrogen and oxygen atoms in total. The van der Waals surface area contributed by atoms with Gasteiger partial charge < -0.3 is 4.40 Å². The summed E-state index contributed by atoms with van der Waals surface area (Å²) in [4.78, 5) is 0. The van der Waals surface area contributed by atoms with Crippen molar-refractivity contribution in [3.63, 3.8) is 0 Å². The van der Waals surface area contributed by atoms with Crippen LogP contribution in [0, 0.1) is 0 Å². The quantitative estimate of drug-likeness (QED) is 0.203. The normalized spacial score (nSPS) is 12.3. The molecule has 0 N–H and O–H groups in total. The fourth-order valence-corrected chi connectivity index (χ4v) is 8.06. The summed E-state index contributed by atoms with van der Waals surface area (Å²) in [6.45, 7) is 0. The molecule has 0 saturated heterocycles. The molecule has 0 radical (unpaired) electrons. The fourth-order valence-electron chi connectivity index (χ4n) is 8.06. The summed E-state index contributed by atoms with van der Waals surface area (Å²) in [6, 6.07) is 52.2. The minimum Gasteiger partial charge on any atom is -0.307 e. The summed E-state index contributed by atoms with van der Waals surface area (Å²) in [6.07, 6.45) is 0. The van der Waals surface area contributed by atoms with Gasteiger partial charge in [-0.1, -0.05) is 127 Å². The lowest BCUT2D eigenvalue weighted by molar-refractivity contribution is 0.977. The first-order valence-electron chi connectivity index (χ1n) is 15.7. The minimum absolute atomic E-state index is 0.841. The zero-order valence-corrected chi connectivity index (χ0v) is 24.6. The molecule has 7 aromatic carbocycles. The minimum atomic E-state index is 0.841. The van der Waals surface area contributed by atoms with E-state index < -0.39 is 0 Å². The number of hydrogen-bond donors (Lipinski definition) is 0. The molecule has 0 atom stereocenters. The van der Waals surface area contributed by atoms with Crippen LogP contribution < -0.4 is 0 Å². The molecule has 0 saturated carbocycles. The van der Waals surface area contributed by atoms with Gasteiger partial charge in [0.1, 0.15) is 5.69 Å². The van der Waals surface area contributed by atoms with Gasteiger partial charge in [0, 0.05) is 54.0 Å². The van der Waals surface area contributed by atoms with E-state index >= 15 is 0 Å². The van der Waals surface area contributed by atoms with Gasteiger partial charge in [-0.15, -0.1) is 10.2 Å². The summed E-state index contributed by atoms with van der Waals surface area (Å²) in [5.74, 6) is 0.841. The van der Waals surface area contributed by atoms with Crippen LogP contribution in [-0.2, 0) is 0 Å². The van der Waals surface area contributed by atoms with E-state index in [9.17, 15) is 0 Å². The molecule has 4 heterocycles. The lowest BCUT2D eigenvalue weighted by Crippen LogP contribution is -2.02. The highest BCUT2D eigenvalue weighted by molar-refractivity contribution is 6.37. The molecular weight excluding hydrogens is 560 g/mol. The van der Waals surface area contributed by atoms with Crippen LogP contribution in [0.3, 0.4) is 0 Å². The number of fused-ring (bicyclic) bond motifs is 13. The van der Waals surface area contributed by atoms with Crippen molar-refractivity contribution in [3.8, 4) is 17.1 Å². The molecule has 11 aromatic rings. The van der Waals surface area contributed by atoms with Crippen LogP contribution in [0.1, 0.15) is 0 Å². The predicted octanol–water partition coefficient (Wildman–Crippen LogP) is 10.7. The van der Waals surface area contributed by atoms with E-state index in [1.54, 1.807) is 0 Å². The van der Waals surface area contributed by atoms with Crippen molar-refractivity contribution in [1.29, 1.82) is 0 Å². The van der Waals surface area contributed by atoms with Gasteiger partial charge in [0.25, 0.3) is 0 Å². The molecule has 0 fully saturated rings. The maximum atomic E-state index is 5.02. The number of nitrogens with zero attached hydrogens (tertiary/aromatic N) is 4. The van der Waals surface area contributed by atoms with Crippen molar-refractivity contribution in [1.82, 2.24) is 19.2 Å². The van der Waals surface area contributed by atoms with Crippen LogP contribution in [0.2, 0.25) is 0 Å². The highest BCUT2D eigenvalue weighted by atomic mass is 15.2. The SMILES string of the molecule is c1ccc(-c2nnc(-n3c4ccccc4c4c5c6ccc7ccccc7c6n6c7ccccc7c(cc43)c56)c3ccccc23)cc1. The number of para-hydroxylation sites is 2. The van der Waals surface area contributed by atoms with Gasteiger partial charge >= 0.3 is 0 Å². The Bertz CT molecular complexity index is 3020. The van der Waals surface area contributed by atoms with Crippen LogP contribution in [0.25, 0.3) is 98.5 Å². The average Bonchev–Trinajstić information content (AvgIpc) is 3.76. The summed E-state index contributed by atoms with van der Waals surface area (Å²) in [5.41, 5.74) is 7.99. The number of aromatic nitrogens is 4. The standard InChI is InChI=1S/C42H24N4/c1-2-13-26(14-3-1)39-29-17-6-7-18-30(29)42(44-43-39)45-35-21-11-9-19-31(35)37-36(45)24-33-28-16-8-10-20-34(28)46-40-27-15-5-4-12-25(27)22-23-32(40)38(37)41(33)46/h1-24H. The molecule has 46 heavy (non-hydrogen) atoms. The predicted molar refractivity (Wildman–Crippen MR) is 191 cm³/mol. The summed E-state index contributed by atoms with van der Waals surface area (Å²) in [7, 11) is 0. The Morgan fingerprint density at radius 3 is 1.91 bits per heavy atom. The van der Waals surface area contributed by atoms with E-state index in [1.807, 2.05) is 6.07 Å². The second kappa shape index (κ2) is 8.68. The maximum Gasteiger partial charge on any atom is 0.168 e. The van der Waals surface area contributed by atoms with Crippen molar-refractivity contribution in [3.05, 3.63) is 146 Å². The van der Waals surface area contributed by atoms with E-state index in [-0.39, 0.29) is 0 Å². The molecule has 0 aliphatic rings. The van der Waals surface area contributed by atoms with Crippen LogP contribution in [0.5, 0.6) is 0 Å². The third-order valence-electron chi connectivity index (χ3n) is 9.91. The van der Waals surface area contributed by atoms with E-state index in [0.29, 0.717) is 0 Å². The largest absolute Gasteiger partial charge is 0.307 e. The highest BCUT2D eigenvalue weighted by Gasteiger charge is 2.26. The van der Waals surface area contributed by atoms with Crippen LogP contribution in [0.15, 0.2) is 146 Å². The Morgan fingerprint density at radius 1 is 0.391 bits per heavy atom. The average molecular weight is 585 g/mol. The molecule has 4 aromatic heterocycles. The number of hydrogen-bond acceptors (Lipinski definition) is 2. The lowest BCUT2D eigenvalue weighted by atomic mass is 10.00. The molecular formula is C42H24N4. The van der Waals surface area contributed by atoms with Crippen LogP contribution in [0.4, 0.5) is 0 Å². The van der Waals surface area contributed by atoms with Crippen LogP contribution >= 0.6 is 0 Å². The molecule has 11 rings (SSSR count). The number of benzene rings is 7. The van der Waals surface area contributed by atoms with Gasteiger partial charge in [-0.3, -0.25) is 4.57 Å². The van der Waals surface area contributed by atoms with Crippen molar-refractivity contribution in [2.24, 2.45) is 0 Å². The summed E-state index contributed by atoms with van der Waals surface area (Å²) in [5, 5.41) is 22.1. The first-order chi connectivity index (χ1) is 22.9. The topological polar surface area (TPSA) is 35.1 Å². The fraction of sp³-hybridized carbons (Fsp3) is 0. The smallest absolute Gasteiger partial charge is 0.168 e. The van der Waals surface area contributed by atoms with Crippen molar-refractivity contribution >= 4 is 81.4 Å². The van der Waals surface area contributed by atoms with Gasteiger partial charge in [0.15, 0.2) is 5.82 Å². The maximum absolute atomic E-state index is 5.02. The van der Waals surface area contributed by atoms with E-state index in [0.717, 1.165) is 38.9 Å². The zero-order valence-electron chi connectivity index (χ0n) is 24.6. The third-order valence-corrected chi connectivity index (χ3v) is 9.91. The van der Waals surface area contributed by atoms with Gasteiger partial charge in [-0.25, -0.2) is 0 Å². The Balaban J connectivity index is 1.38. The third kappa shape index (κ3) is 2.94. The molecule has 0 aliphatic carbocycles. The van der Waals surface area contributed by atoms with E-state index in [1.165, 1.54) is 59.6 Å². The summed E-state index contributed by atoms with van der Waals surface area (Å²) >= 11 is 0. The lowest BCUT2D eigenvalue weighted by Gasteiger charge is -2.12. The Morgan fingerprint density at radius 2 is 1.07 bits per heavy atom. The Labute approximate surface area is 262 Å². The first-order valence-corrected chi connectivity index (χ1v) is 15.7.